The maximum absolute atomic E-state index is 13.5. The molecule has 0 unspecified atom stereocenters. The first-order valence-electron chi connectivity index (χ1n) is 8.50. The molecule has 7 nitrogen and oxygen atoms in total. The highest BCUT2D eigenvalue weighted by molar-refractivity contribution is 5.81. The minimum atomic E-state index is -0.946. The molecule has 1 aromatic carbocycles. The molecule has 0 saturated carbocycles. The monoisotopic (exact) mass is 364 g/mol. The Hall–Kier alpha value is -2.42. The fourth-order valence-electron chi connectivity index (χ4n) is 2.91. The van der Waals surface area contributed by atoms with Gasteiger partial charge < -0.3 is 4.90 Å². The summed E-state index contributed by atoms with van der Waals surface area (Å²) in [7, 11) is 0. The van der Waals surface area contributed by atoms with E-state index in [4.69, 9.17) is 0 Å². The van der Waals surface area contributed by atoms with Crippen molar-refractivity contribution >= 4 is 5.91 Å². The van der Waals surface area contributed by atoms with Crippen LogP contribution in [-0.2, 0) is 11.3 Å². The first-order chi connectivity index (χ1) is 12.3. The van der Waals surface area contributed by atoms with Crippen molar-refractivity contribution in [2.24, 2.45) is 5.41 Å². The van der Waals surface area contributed by atoms with Crippen molar-refractivity contribution in [3.8, 4) is 5.69 Å². The van der Waals surface area contributed by atoms with Crippen LogP contribution in [0.5, 0.6) is 0 Å². The molecule has 0 bridgehead atoms. The molecule has 0 spiro atoms. The van der Waals surface area contributed by atoms with E-state index in [0.717, 1.165) is 12.1 Å². The molecule has 1 fully saturated rings. The quantitative estimate of drug-likeness (QED) is 0.828. The van der Waals surface area contributed by atoms with Crippen molar-refractivity contribution in [1.29, 1.82) is 0 Å². The number of benzene rings is 1. The summed E-state index contributed by atoms with van der Waals surface area (Å²) in [6.07, 6.45) is 0. The number of hydrogen-bond acceptors (Lipinski definition) is 5. The average molecular weight is 364 g/mol. The highest BCUT2D eigenvalue weighted by Gasteiger charge is 2.30. The summed E-state index contributed by atoms with van der Waals surface area (Å²) in [5.41, 5.74) is -0.0238. The Morgan fingerprint density at radius 1 is 1.12 bits per heavy atom. The van der Waals surface area contributed by atoms with Gasteiger partial charge in [-0.05, 0) is 22.6 Å². The summed E-state index contributed by atoms with van der Waals surface area (Å²) in [6.45, 7) is 8.89. The number of nitrogens with zero attached hydrogens (tertiary/aromatic N) is 6. The highest BCUT2D eigenvalue weighted by Crippen LogP contribution is 2.19. The normalized spacial score (nSPS) is 16.1. The number of rotatable bonds is 3. The number of aromatic nitrogens is 4. The largest absolute Gasteiger partial charge is 0.340 e. The zero-order valence-electron chi connectivity index (χ0n) is 15.1. The molecule has 1 amide bonds. The first-order valence-corrected chi connectivity index (χ1v) is 8.50. The molecule has 0 atom stereocenters. The smallest absolute Gasteiger partial charge is 0.228 e. The number of halogens is 2. The van der Waals surface area contributed by atoms with E-state index in [1.807, 2.05) is 25.7 Å². The third-order valence-electron chi connectivity index (χ3n) is 4.35. The van der Waals surface area contributed by atoms with Gasteiger partial charge in [0.15, 0.2) is 17.5 Å². The SMILES string of the molecule is CC(C)(C)C(=O)N1CCN(Cc2nnnn2-c2ccc(F)c(F)c2)CC1. The predicted octanol–water partition coefficient (Wildman–Crippen LogP) is 1.63. The van der Waals surface area contributed by atoms with Gasteiger partial charge in [-0.15, -0.1) is 5.10 Å². The van der Waals surface area contributed by atoms with Gasteiger partial charge in [0, 0.05) is 37.7 Å². The Bertz CT molecular complexity index is 793. The second-order valence-corrected chi connectivity index (χ2v) is 7.42. The molecule has 140 valence electrons. The molecule has 9 heteroatoms. The van der Waals surface area contributed by atoms with E-state index in [2.05, 4.69) is 20.4 Å². The fraction of sp³-hybridized carbons (Fsp3) is 0.529. The standard InChI is InChI=1S/C17H22F2N6O/c1-17(2,3)16(26)24-8-6-23(7-9-24)11-15-20-21-22-25(15)12-4-5-13(18)14(19)10-12/h4-5,10H,6-9,11H2,1-3H3. The first kappa shape index (κ1) is 18.4. The lowest BCUT2D eigenvalue weighted by Gasteiger charge is -2.37. The zero-order valence-corrected chi connectivity index (χ0v) is 15.1. The van der Waals surface area contributed by atoms with E-state index in [0.29, 0.717) is 44.2 Å². The average Bonchev–Trinajstić information content (AvgIpc) is 3.05. The number of carbonyl (C=O) groups is 1. The van der Waals surface area contributed by atoms with Crippen LogP contribution in [0.1, 0.15) is 26.6 Å². The third-order valence-corrected chi connectivity index (χ3v) is 4.35. The summed E-state index contributed by atoms with van der Waals surface area (Å²) in [5, 5.41) is 11.5. The van der Waals surface area contributed by atoms with E-state index in [9.17, 15) is 13.6 Å². The molecule has 3 rings (SSSR count). The Balaban J connectivity index is 1.66. The van der Waals surface area contributed by atoms with Crippen molar-refractivity contribution in [2.75, 3.05) is 26.2 Å². The Labute approximate surface area is 150 Å². The summed E-state index contributed by atoms with van der Waals surface area (Å²) in [4.78, 5) is 16.3. The van der Waals surface area contributed by atoms with Gasteiger partial charge in [0.1, 0.15) is 0 Å². The number of tetrazole rings is 1. The Morgan fingerprint density at radius 2 is 1.81 bits per heavy atom. The second-order valence-electron chi connectivity index (χ2n) is 7.42. The number of carbonyl (C=O) groups excluding carboxylic acids is 1. The lowest BCUT2D eigenvalue weighted by molar-refractivity contribution is -0.141. The van der Waals surface area contributed by atoms with Crippen LogP contribution in [0.25, 0.3) is 5.69 Å². The minimum absolute atomic E-state index is 0.142. The van der Waals surface area contributed by atoms with Crippen LogP contribution in [0.15, 0.2) is 18.2 Å². The summed E-state index contributed by atoms with van der Waals surface area (Å²) in [5.74, 6) is -1.18. The summed E-state index contributed by atoms with van der Waals surface area (Å²) >= 11 is 0. The van der Waals surface area contributed by atoms with Crippen LogP contribution < -0.4 is 0 Å². The predicted molar refractivity (Wildman–Crippen MR) is 90.4 cm³/mol. The van der Waals surface area contributed by atoms with Gasteiger partial charge in [-0.2, -0.15) is 4.68 Å². The molecule has 1 aliphatic heterocycles. The fourth-order valence-corrected chi connectivity index (χ4v) is 2.91. The molecule has 0 N–H and O–H groups in total. The van der Waals surface area contributed by atoms with Crippen molar-refractivity contribution in [2.45, 2.75) is 27.3 Å². The van der Waals surface area contributed by atoms with Crippen molar-refractivity contribution in [1.82, 2.24) is 30.0 Å². The molecule has 1 saturated heterocycles. The molecule has 2 heterocycles. The molecule has 0 aliphatic carbocycles. The lowest BCUT2D eigenvalue weighted by atomic mass is 9.94. The number of piperazine rings is 1. The van der Waals surface area contributed by atoms with E-state index >= 15 is 0 Å². The second kappa shape index (κ2) is 7.06. The van der Waals surface area contributed by atoms with Gasteiger partial charge in [-0.25, -0.2) is 8.78 Å². The Morgan fingerprint density at radius 3 is 2.42 bits per heavy atom. The molecule has 1 aromatic heterocycles. The lowest BCUT2D eigenvalue weighted by Crippen LogP contribution is -2.51. The van der Waals surface area contributed by atoms with Crippen molar-refractivity contribution in [3.05, 3.63) is 35.7 Å². The van der Waals surface area contributed by atoms with Gasteiger partial charge >= 0.3 is 0 Å². The number of amides is 1. The van der Waals surface area contributed by atoms with Gasteiger partial charge in [-0.3, -0.25) is 9.69 Å². The number of hydrogen-bond donors (Lipinski definition) is 0. The van der Waals surface area contributed by atoms with E-state index in [1.54, 1.807) is 0 Å². The van der Waals surface area contributed by atoms with Gasteiger partial charge in [0.05, 0.1) is 12.2 Å². The zero-order chi connectivity index (χ0) is 18.9. The van der Waals surface area contributed by atoms with Crippen LogP contribution in [0.4, 0.5) is 8.78 Å². The molecule has 26 heavy (non-hydrogen) atoms. The van der Waals surface area contributed by atoms with Gasteiger partial charge in [-0.1, -0.05) is 20.8 Å². The van der Waals surface area contributed by atoms with Crippen molar-refractivity contribution in [3.63, 3.8) is 0 Å². The van der Waals surface area contributed by atoms with Crippen LogP contribution in [-0.4, -0.2) is 62.1 Å². The van der Waals surface area contributed by atoms with Crippen LogP contribution >= 0.6 is 0 Å². The van der Waals surface area contributed by atoms with Crippen LogP contribution in [0.2, 0.25) is 0 Å². The highest BCUT2D eigenvalue weighted by atomic mass is 19.2. The molecular formula is C17H22F2N6O. The Kier molecular flexibility index (Phi) is 4.99. The van der Waals surface area contributed by atoms with E-state index in [-0.39, 0.29) is 11.3 Å². The maximum atomic E-state index is 13.5. The topological polar surface area (TPSA) is 67.2 Å². The van der Waals surface area contributed by atoms with Gasteiger partial charge in [0.2, 0.25) is 5.91 Å². The summed E-state index contributed by atoms with van der Waals surface area (Å²) < 4.78 is 28.0. The molecule has 0 radical (unpaired) electrons. The van der Waals surface area contributed by atoms with Crippen LogP contribution in [0.3, 0.4) is 0 Å². The maximum Gasteiger partial charge on any atom is 0.228 e. The van der Waals surface area contributed by atoms with Crippen molar-refractivity contribution < 1.29 is 13.6 Å². The molecule has 2 aromatic rings. The van der Waals surface area contributed by atoms with Gasteiger partial charge in [0.25, 0.3) is 0 Å². The summed E-state index contributed by atoms with van der Waals surface area (Å²) in [6, 6.07) is 3.54. The molecular weight excluding hydrogens is 342 g/mol. The van der Waals surface area contributed by atoms with E-state index in [1.165, 1.54) is 10.7 Å². The third kappa shape index (κ3) is 3.87. The minimum Gasteiger partial charge on any atom is -0.340 e. The van der Waals surface area contributed by atoms with E-state index < -0.39 is 11.6 Å². The van der Waals surface area contributed by atoms with Crippen LogP contribution in [0, 0.1) is 17.0 Å². The molecule has 1 aliphatic rings.